The molecule has 0 atom stereocenters. The van der Waals surface area contributed by atoms with Crippen LogP contribution < -0.4 is 4.74 Å². The maximum Gasteiger partial charge on any atom is 0.131 e. The monoisotopic (exact) mass is 252 g/mol. The molecule has 0 spiro atoms. The summed E-state index contributed by atoms with van der Waals surface area (Å²) < 4.78 is 5.94. The van der Waals surface area contributed by atoms with E-state index in [4.69, 9.17) is 10.00 Å². The molecule has 19 heavy (non-hydrogen) atoms. The molecule has 2 rings (SSSR count). The van der Waals surface area contributed by atoms with Gasteiger partial charge in [-0.15, -0.1) is 0 Å². The maximum atomic E-state index is 8.82. The van der Waals surface area contributed by atoms with Gasteiger partial charge in [-0.05, 0) is 44.5 Å². The van der Waals surface area contributed by atoms with E-state index >= 15 is 0 Å². The molecule has 0 saturated carbocycles. The molecule has 0 aliphatic heterocycles. The summed E-state index contributed by atoms with van der Waals surface area (Å²) in [6, 6.07) is 11.4. The van der Waals surface area contributed by atoms with Gasteiger partial charge >= 0.3 is 0 Å². The van der Waals surface area contributed by atoms with E-state index in [1.165, 1.54) is 0 Å². The highest BCUT2D eigenvalue weighted by atomic mass is 16.5. The average molecular weight is 252 g/mol. The second-order valence-corrected chi connectivity index (χ2v) is 5.28. The van der Waals surface area contributed by atoms with Crippen LogP contribution in [0, 0.1) is 11.3 Å². The van der Waals surface area contributed by atoms with Crippen LogP contribution in [-0.4, -0.2) is 10.6 Å². The Morgan fingerprint density at radius 1 is 1.11 bits per heavy atom. The molecule has 0 unspecified atom stereocenters. The fraction of sp³-hybridized carbons (Fsp3) is 0.250. The van der Waals surface area contributed by atoms with E-state index in [1.54, 1.807) is 24.5 Å². The van der Waals surface area contributed by atoms with Gasteiger partial charge in [-0.1, -0.05) is 12.1 Å². The molecular weight excluding hydrogens is 236 g/mol. The number of hydrogen-bond donors (Lipinski definition) is 0. The molecule has 0 bridgehead atoms. The van der Waals surface area contributed by atoms with Gasteiger partial charge in [0.25, 0.3) is 0 Å². The van der Waals surface area contributed by atoms with Crippen molar-refractivity contribution in [3.05, 3.63) is 48.3 Å². The summed E-state index contributed by atoms with van der Waals surface area (Å²) in [6.45, 7) is 6.03. The van der Waals surface area contributed by atoms with Gasteiger partial charge in [0.05, 0.1) is 11.6 Å². The van der Waals surface area contributed by atoms with Gasteiger partial charge in [0, 0.05) is 18.0 Å². The van der Waals surface area contributed by atoms with E-state index in [0.717, 1.165) is 16.9 Å². The molecule has 3 heteroatoms. The number of ether oxygens (including phenoxy) is 1. The minimum atomic E-state index is -0.261. The topological polar surface area (TPSA) is 45.9 Å². The third kappa shape index (κ3) is 3.32. The Labute approximate surface area is 113 Å². The van der Waals surface area contributed by atoms with Gasteiger partial charge in [-0.2, -0.15) is 5.26 Å². The minimum Gasteiger partial charge on any atom is -0.487 e. The van der Waals surface area contributed by atoms with Gasteiger partial charge in [-0.3, -0.25) is 4.98 Å². The smallest absolute Gasteiger partial charge is 0.131 e. The molecule has 1 aromatic carbocycles. The van der Waals surface area contributed by atoms with E-state index in [2.05, 4.69) is 11.1 Å². The number of benzene rings is 1. The lowest BCUT2D eigenvalue weighted by atomic mass is 10.0. The molecule has 1 aromatic heterocycles. The lowest BCUT2D eigenvalue weighted by molar-refractivity contribution is 0.131. The summed E-state index contributed by atoms with van der Waals surface area (Å²) in [6.07, 6.45) is 3.50. The number of pyridine rings is 1. The first-order valence-corrected chi connectivity index (χ1v) is 6.13. The number of nitrogens with zero attached hydrogens (tertiary/aromatic N) is 2. The molecule has 3 nitrogen and oxygen atoms in total. The first-order chi connectivity index (χ1) is 8.99. The van der Waals surface area contributed by atoms with Crippen molar-refractivity contribution in [1.82, 2.24) is 4.98 Å². The Morgan fingerprint density at radius 3 is 2.37 bits per heavy atom. The van der Waals surface area contributed by atoms with Crippen molar-refractivity contribution in [3.63, 3.8) is 0 Å². The molecular formula is C16H16N2O. The Balaban J connectivity index is 2.41. The minimum absolute atomic E-state index is 0.261. The van der Waals surface area contributed by atoms with Crippen LogP contribution in [-0.2, 0) is 0 Å². The zero-order valence-electron chi connectivity index (χ0n) is 11.3. The summed E-state index contributed by atoms with van der Waals surface area (Å²) in [5.41, 5.74) is 2.31. The van der Waals surface area contributed by atoms with E-state index in [9.17, 15) is 0 Å². The second-order valence-electron chi connectivity index (χ2n) is 5.28. The molecule has 0 aliphatic rings. The molecule has 96 valence electrons. The predicted molar refractivity (Wildman–Crippen MR) is 74.8 cm³/mol. The van der Waals surface area contributed by atoms with Crippen molar-refractivity contribution >= 4 is 0 Å². The zero-order chi connectivity index (χ0) is 13.9. The van der Waals surface area contributed by atoms with Gasteiger partial charge in [0.1, 0.15) is 11.4 Å². The van der Waals surface area contributed by atoms with Crippen molar-refractivity contribution in [2.45, 2.75) is 26.4 Å². The fourth-order valence-electron chi connectivity index (χ4n) is 1.74. The summed E-state index contributed by atoms with van der Waals surface area (Å²) in [5.74, 6) is 0.798. The number of hydrogen-bond acceptors (Lipinski definition) is 3. The van der Waals surface area contributed by atoms with Crippen LogP contribution in [0.25, 0.3) is 11.1 Å². The second kappa shape index (κ2) is 5.11. The van der Waals surface area contributed by atoms with Gasteiger partial charge in [0.15, 0.2) is 0 Å². The third-order valence-electron chi connectivity index (χ3n) is 2.52. The highest BCUT2D eigenvalue weighted by molar-refractivity contribution is 5.69. The van der Waals surface area contributed by atoms with E-state index in [1.807, 2.05) is 39.0 Å². The highest BCUT2D eigenvalue weighted by Crippen LogP contribution is 2.31. The van der Waals surface area contributed by atoms with Crippen molar-refractivity contribution in [2.24, 2.45) is 0 Å². The van der Waals surface area contributed by atoms with E-state index in [0.29, 0.717) is 5.56 Å². The Morgan fingerprint density at radius 2 is 1.79 bits per heavy atom. The summed E-state index contributed by atoms with van der Waals surface area (Å²) in [7, 11) is 0. The van der Waals surface area contributed by atoms with Crippen molar-refractivity contribution in [2.75, 3.05) is 0 Å². The van der Waals surface area contributed by atoms with Gasteiger partial charge < -0.3 is 4.74 Å². The predicted octanol–water partition coefficient (Wildman–Crippen LogP) is 3.80. The fourth-order valence-corrected chi connectivity index (χ4v) is 1.74. The molecule has 1 heterocycles. The molecule has 2 aromatic rings. The van der Waals surface area contributed by atoms with Crippen LogP contribution in [0.5, 0.6) is 5.75 Å². The van der Waals surface area contributed by atoms with Crippen molar-refractivity contribution in [3.8, 4) is 22.9 Å². The van der Waals surface area contributed by atoms with Gasteiger partial charge in [-0.25, -0.2) is 0 Å². The van der Waals surface area contributed by atoms with Gasteiger partial charge in [0.2, 0.25) is 0 Å². The highest BCUT2D eigenvalue weighted by Gasteiger charge is 2.15. The first-order valence-electron chi connectivity index (χ1n) is 6.13. The van der Waals surface area contributed by atoms with E-state index < -0.39 is 0 Å². The SMILES string of the molecule is CC(C)(C)Oc1ccncc1-c1ccc(C#N)cc1. The van der Waals surface area contributed by atoms with Crippen molar-refractivity contribution in [1.29, 1.82) is 5.26 Å². The number of nitriles is 1. The molecule has 0 N–H and O–H groups in total. The van der Waals surface area contributed by atoms with Crippen molar-refractivity contribution < 1.29 is 4.74 Å². The first kappa shape index (κ1) is 13.1. The largest absolute Gasteiger partial charge is 0.487 e. The zero-order valence-corrected chi connectivity index (χ0v) is 11.3. The maximum absolute atomic E-state index is 8.82. The molecule has 0 saturated heterocycles. The van der Waals surface area contributed by atoms with E-state index in [-0.39, 0.29) is 5.60 Å². The molecule has 0 radical (unpaired) electrons. The molecule has 0 fully saturated rings. The Bertz CT molecular complexity index is 604. The van der Waals surface area contributed by atoms with Crippen LogP contribution in [0.4, 0.5) is 0 Å². The Hall–Kier alpha value is -2.34. The molecule has 0 amide bonds. The number of aromatic nitrogens is 1. The average Bonchev–Trinajstić information content (AvgIpc) is 2.38. The normalized spacial score (nSPS) is 10.8. The lowest BCUT2D eigenvalue weighted by Gasteiger charge is -2.23. The molecule has 0 aliphatic carbocycles. The standard InChI is InChI=1S/C16H16N2O/c1-16(2,3)19-15-8-9-18-11-14(15)13-6-4-12(10-17)5-7-13/h4-9,11H,1-3H3. The van der Waals surface area contributed by atoms with Crippen LogP contribution in [0.3, 0.4) is 0 Å². The van der Waals surface area contributed by atoms with Crippen LogP contribution in [0.1, 0.15) is 26.3 Å². The Kier molecular flexibility index (Phi) is 3.52. The lowest BCUT2D eigenvalue weighted by Crippen LogP contribution is -2.23. The van der Waals surface area contributed by atoms with Crippen LogP contribution in [0.2, 0.25) is 0 Å². The van der Waals surface area contributed by atoms with Crippen LogP contribution in [0.15, 0.2) is 42.7 Å². The third-order valence-corrected chi connectivity index (χ3v) is 2.52. The van der Waals surface area contributed by atoms with Crippen LogP contribution >= 0.6 is 0 Å². The number of rotatable bonds is 2. The summed E-state index contributed by atoms with van der Waals surface area (Å²) in [4.78, 5) is 4.15. The summed E-state index contributed by atoms with van der Waals surface area (Å²) >= 11 is 0. The quantitative estimate of drug-likeness (QED) is 0.816. The summed E-state index contributed by atoms with van der Waals surface area (Å²) in [5, 5.41) is 8.82.